The molecule has 0 spiro atoms. The Balaban J connectivity index is 2.70. The number of benzene rings is 1. The van der Waals surface area contributed by atoms with Gasteiger partial charge in [-0.2, -0.15) is 0 Å². The summed E-state index contributed by atoms with van der Waals surface area (Å²) in [4.78, 5) is 11.9. The fourth-order valence-corrected chi connectivity index (χ4v) is 2.67. The number of unbranched alkanes of at least 4 members (excludes halogenated alkanes) is 1. The molecule has 0 N–H and O–H groups in total. The molecule has 4 heteroatoms. The first-order valence-electron chi connectivity index (χ1n) is 6.58. The maximum Gasteiger partial charge on any atom is 0.309 e. The average molecular weight is 348 g/mol. The molecular formula is C15H20BrClO2. The van der Waals surface area contributed by atoms with E-state index in [9.17, 15) is 4.79 Å². The van der Waals surface area contributed by atoms with Gasteiger partial charge < -0.3 is 4.74 Å². The van der Waals surface area contributed by atoms with Crippen molar-refractivity contribution in [1.82, 2.24) is 0 Å². The number of hydrogen-bond acceptors (Lipinski definition) is 2. The van der Waals surface area contributed by atoms with E-state index in [0.717, 1.165) is 22.9 Å². The lowest BCUT2D eigenvalue weighted by atomic mass is 9.89. The maximum atomic E-state index is 11.9. The van der Waals surface area contributed by atoms with Gasteiger partial charge in [0.25, 0.3) is 0 Å². The van der Waals surface area contributed by atoms with E-state index in [4.69, 9.17) is 16.3 Å². The largest absolute Gasteiger partial charge is 0.465 e. The molecule has 0 aliphatic heterocycles. The van der Waals surface area contributed by atoms with Crippen molar-refractivity contribution in [2.45, 2.75) is 39.5 Å². The first-order valence-corrected chi connectivity index (χ1v) is 7.75. The number of esters is 1. The van der Waals surface area contributed by atoms with E-state index in [0.29, 0.717) is 11.6 Å². The van der Waals surface area contributed by atoms with Crippen molar-refractivity contribution in [3.8, 4) is 0 Å². The highest BCUT2D eigenvalue weighted by Gasteiger charge is 2.23. The molecule has 0 aliphatic carbocycles. The quantitative estimate of drug-likeness (QED) is 0.523. The van der Waals surface area contributed by atoms with Gasteiger partial charge in [0, 0.05) is 9.50 Å². The summed E-state index contributed by atoms with van der Waals surface area (Å²) in [6.07, 6.45) is 1.94. The lowest BCUT2D eigenvalue weighted by Gasteiger charge is -2.19. The van der Waals surface area contributed by atoms with Gasteiger partial charge in [0.15, 0.2) is 0 Å². The van der Waals surface area contributed by atoms with Crippen LogP contribution in [0.3, 0.4) is 0 Å². The summed E-state index contributed by atoms with van der Waals surface area (Å²) in [6.45, 7) is 6.49. The minimum absolute atomic E-state index is 0.0733. The predicted molar refractivity (Wildman–Crippen MR) is 82.6 cm³/mol. The van der Waals surface area contributed by atoms with Crippen LogP contribution in [0.4, 0.5) is 0 Å². The van der Waals surface area contributed by atoms with Crippen molar-refractivity contribution in [3.63, 3.8) is 0 Å². The number of rotatable bonds is 6. The van der Waals surface area contributed by atoms with Crippen LogP contribution in [-0.2, 0) is 9.53 Å². The molecule has 0 saturated carbocycles. The second kappa shape index (κ2) is 7.91. The Hall–Kier alpha value is -0.540. The number of hydrogen-bond donors (Lipinski definition) is 0. The van der Waals surface area contributed by atoms with Gasteiger partial charge in [-0.25, -0.2) is 0 Å². The van der Waals surface area contributed by atoms with Crippen LogP contribution in [0.2, 0.25) is 5.02 Å². The summed E-state index contributed by atoms with van der Waals surface area (Å²) in [7, 11) is 0. The Labute approximate surface area is 128 Å². The van der Waals surface area contributed by atoms with Crippen LogP contribution in [0.5, 0.6) is 0 Å². The van der Waals surface area contributed by atoms with Crippen molar-refractivity contribution >= 4 is 33.5 Å². The topological polar surface area (TPSA) is 26.3 Å². The van der Waals surface area contributed by atoms with E-state index in [-0.39, 0.29) is 17.8 Å². The van der Waals surface area contributed by atoms with Gasteiger partial charge in [0.2, 0.25) is 0 Å². The smallest absolute Gasteiger partial charge is 0.309 e. The minimum atomic E-state index is -0.178. The molecule has 0 bridgehead atoms. The molecule has 0 aromatic heterocycles. The highest BCUT2D eigenvalue weighted by Crippen LogP contribution is 2.30. The van der Waals surface area contributed by atoms with Crippen molar-refractivity contribution in [2.24, 2.45) is 5.92 Å². The third-order valence-corrected chi connectivity index (χ3v) is 3.95. The Morgan fingerprint density at radius 1 is 1.37 bits per heavy atom. The molecule has 0 radical (unpaired) electrons. The van der Waals surface area contributed by atoms with Crippen LogP contribution in [0.1, 0.15) is 45.1 Å². The second-order valence-corrected chi connectivity index (χ2v) is 6.15. The number of carbonyl (C=O) groups excluding carboxylic acids is 1. The Kier molecular flexibility index (Phi) is 6.87. The van der Waals surface area contributed by atoms with E-state index >= 15 is 0 Å². The lowest BCUT2D eigenvalue weighted by molar-refractivity contribution is -0.148. The fourth-order valence-electron chi connectivity index (χ4n) is 1.78. The van der Waals surface area contributed by atoms with E-state index in [1.165, 1.54) is 0 Å². The van der Waals surface area contributed by atoms with Gasteiger partial charge in [-0.1, -0.05) is 54.7 Å². The molecule has 0 aliphatic rings. The first kappa shape index (κ1) is 16.5. The highest BCUT2D eigenvalue weighted by atomic mass is 79.9. The molecule has 19 heavy (non-hydrogen) atoms. The Morgan fingerprint density at radius 3 is 2.63 bits per heavy atom. The normalized spacial score (nSPS) is 13.9. The van der Waals surface area contributed by atoms with Gasteiger partial charge in [0.05, 0.1) is 12.5 Å². The summed E-state index contributed by atoms with van der Waals surface area (Å²) in [6, 6.07) is 5.72. The van der Waals surface area contributed by atoms with Gasteiger partial charge >= 0.3 is 5.97 Å². The van der Waals surface area contributed by atoms with Crippen molar-refractivity contribution < 1.29 is 9.53 Å². The monoisotopic (exact) mass is 346 g/mol. The standard InChI is InChI=1S/C15H20BrClO2/c1-4-5-6-19-15(18)11(3)10(2)12-7-13(16)9-14(17)8-12/h7-11H,4-6H2,1-3H3. The summed E-state index contributed by atoms with van der Waals surface area (Å²) in [5.41, 5.74) is 1.04. The van der Waals surface area contributed by atoms with E-state index < -0.39 is 0 Å². The van der Waals surface area contributed by atoms with Crippen LogP contribution in [0, 0.1) is 5.92 Å². The average Bonchev–Trinajstić information content (AvgIpc) is 2.36. The number of carbonyl (C=O) groups is 1. The van der Waals surface area contributed by atoms with Crippen LogP contribution in [0.15, 0.2) is 22.7 Å². The van der Waals surface area contributed by atoms with Gasteiger partial charge in [-0.3, -0.25) is 4.79 Å². The molecule has 0 fully saturated rings. The molecular weight excluding hydrogens is 328 g/mol. The van der Waals surface area contributed by atoms with Crippen LogP contribution >= 0.6 is 27.5 Å². The highest BCUT2D eigenvalue weighted by molar-refractivity contribution is 9.10. The lowest BCUT2D eigenvalue weighted by Crippen LogP contribution is -2.20. The maximum absolute atomic E-state index is 11.9. The third-order valence-electron chi connectivity index (χ3n) is 3.27. The molecule has 2 nitrogen and oxygen atoms in total. The molecule has 2 atom stereocenters. The van der Waals surface area contributed by atoms with Gasteiger partial charge in [-0.05, 0) is 36.1 Å². The summed E-state index contributed by atoms with van der Waals surface area (Å²) in [5, 5.41) is 0.669. The third kappa shape index (κ3) is 5.15. The van der Waals surface area contributed by atoms with Crippen LogP contribution in [0.25, 0.3) is 0 Å². The second-order valence-electron chi connectivity index (χ2n) is 4.80. The van der Waals surface area contributed by atoms with E-state index in [1.807, 2.05) is 32.0 Å². The van der Waals surface area contributed by atoms with Gasteiger partial charge in [0.1, 0.15) is 0 Å². The first-order chi connectivity index (χ1) is 8.95. The number of halogens is 2. The van der Waals surface area contributed by atoms with Crippen LogP contribution in [-0.4, -0.2) is 12.6 Å². The molecule has 2 unspecified atom stereocenters. The molecule has 0 amide bonds. The molecule has 1 aromatic carbocycles. The Bertz CT molecular complexity index is 414. The molecule has 1 rings (SSSR count). The van der Waals surface area contributed by atoms with Crippen molar-refractivity contribution in [2.75, 3.05) is 6.61 Å². The number of ether oxygens (including phenoxy) is 1. The predicted octanol–water partition coefficient (Wildman–Crippen LogP) is 5.19. The zero-order chi connectivity index (χ0) is 14.4. The molecule has 0 saturated heterocycles. The summed E-state index contributed by atoms with van der Waals surface area (Å²) in [5.74, 6) is -0.247. The van der Waals surface area contributed by atoms with E-state index in [1.54, 1.807) is 0 Å². The fraction of sp³-hybridized carbons (Fsp3) is 0.533. The summed E-state index contributed by atoms with van der Waals surface area (Å²) < 4.78 is 6.19. The minimum Gasteiger partial charge on any atom is -0.465 e. The zero-order valence-corrected chi connectivity index (χ0v) is 13.9. The molecule has 0 heterocycles. The molecule has 106 valence electrons. The van der Waals surface area contributed by atoms with Crippen molar-refractivity contribution in [1.29, 1.82) is 0 Å². The summed E-state index contributed by atoms with van der Waals surface area (Å²) >= 11 is 9.45. The molecule has 1 aromatic rings. The van der Waals surface area contributed by atoms with Gasteiger partial charge in [-0.15, -0.1) is 0 Å². The zero-order valence-electron chi connectivity index (χ0n) is 11.6. The Morgan fingerprint density at radius 2 is 2.05 bits per heavy atom. The SMILES string of the molecule is CCCCOC(=O)C(C)C(C)c1cc(Cl)cc(Br)c1. The van der Waals surface area contributed by atoms with E-state index in [2.05, 4.69) is 22.9 Å². The van der Waals surface area contributed by atoms with Crippen molar-refractivity contribution in [3.05, 3.63) is 33.3 Å². The van der Waals surface area contributed by atoms with Crippen LogP contribution < -0.4 is 0 Å².